The van der Waals surface area contributed by atoms with Gasteiger partial charge in [0, 0.05) is 17.4 Å². The van der Waals surface area contributed by atoms with Crippen molar-refractivity contribution in [2.24, 2.45) is 0 Å². The molecule has 0 atom stereocenters. The maximum absolute atomic E-state index is 9.20. The predicted molar refractivity (Wildman–Crippen MR) is 71.2 cm³/mol. The third-order valence-corrected chi connectivity index (χ3v) is 2.85. The van der Waals surface area contributed by atoms with Gasteiger partial charge in [-0.05, 0) is 11.6 Å². The van der Waals surface area contributed by atoms with Crippen molar-refractivity contribution in [3.63, 3.8) is 0 Å². The van der Waals surface area contributed by atoms with E-state index in [0.717, 1.165) is 11.1 Å². The Morgan fingerprint density at radius 3 is 2.12 bits per heavy atom. The molecular weight excluding hydrogens is 255 g/mol. The molecule has 2 aromatic rings. The molecule has 0 heterocycles. The topological polar surface area (TPSA) is 49.7 Å². The van der Waals surface area contributed by atoms with Crippen molar-refractivity contribution in [3.05, 3.63) is 54.6 Å². The molecule has 0 aromatic heterocycles. The van der Waals surface area contributed by atoms with Crippen molar-refractivity contribution in [3.8, 4) is 16.9 Å². The molecule has 0 unspecified atom stereocenters. The van der Waals surface area contributed by atoms with Crippen LogP contribution in [0.15, 0.2) is 54.6 Å². The third-order valence-electron chi connectivity index (χ3n) is 2.19. The summed E-state index contributed by atoms with van der Waals surface area (Å²) < 4.78 is 5.02. The molecule has 88 valence electrons. The monoisotopic (exact) mass is 266 g/mol. The normalized spacial score (nSPS) is 11.2. The molecule has 17 heavy (non-hydrogen) atoms. The Bertz CT molecular complexity index is 551. The van der Waals surface area contributed by atoms with E-state index in [2.05, 4.69) is 11.8 Å². The minimum Gasteiger partial charge on any atom is -0.424 e. The molecule has 0 aliphatic heterocycles. The Balaban J connectivity index is 2.45. The molecule has 0 radical (unpaired) electrons. The summed E-state index contributed by atoms with van der Waals surface area (Å²) in [6.07, 6.45) is 0. The maximum atomic E-state index is 9.20. The Hall–Kier alpha value is -1.19. The van der Waals surface area contributed by atoms with Gasteiger partial charge in [0.2, 0.25) is 0 Å². The molecule has 0 amide bonds. The van der Waals surface area contributed by atoms with Gasteiger partial charge in [0.1, 0.15) is 5.75 Å². The summed E-state index contributed by atoms with van der Waals surface area (Å²) >= 11 is 4.48. The van der Waals surface area contributed by atoms with Gasteiger partial charge in [-0.25, -0.2) is 0 Å². The van der Waals surface area contributed by atoms with E-state index < -0.39 is 6.72 Å². The summed E-state index contributed by atoms with van der Waals surface area (Å²) in [5.74, 6) is 0.382. The molecule has 0 fully saturated rings. The van der Waals surface area contributed by atoms with Crippen LogP contribution in [0.4, 0.5) is 0 Å². The first kappa shape index (κ1) is 12.3. The minimum atomic E-state index is -3.70. The van der Waals surface area contributed by atoms with E-state index in [1.54, 1.807) is 12.1 Å². The highest BCUT2D eigenvalue weighted by Crippen LogP contribution is 2.42. The lowest BCUT2D eigenvalue weighted by Crippen LogP contribution is -1.92. The van der Waals surface area contributed by atoms with Gasteiger partial charge in [0.15, 0.2) is 0 Å². The summed E-state index contributed by atoms with van der Waals surface area (Å²) in [6.45, 7) is -3.70. The van der Waals surface area contributed by atoms with Crippen LogP contribution in [0.3, 0.4) is 0 Å². The van der Waals surface area contributed by atoms with E-state index in [-0.39, 0.29) is 0 Å². The zero-order valence-corrected chi connectivity index (χ0v) is 10.6. The highest BCUT2D eigenvalue weighted by Gasteiger charge is 2.13. The molecule has 3 nitrogen and oxygen atoms in total. The van der Waals surface area contributed by atoms with E-state index in [1.165, 1.54) is 0 Å². The summed E-state index contributed by atoms with van der Waals surface area (Å²) in [4.78, 5) is 18.4. The molecule has 2 rings (SSSR count). The fourth-order valence-electron chi connectivity index (χ4n) is 1.53. The first-order valence-electron chi connectivity index (χ1n) is 4.96. The number of para-hydroxylation sites is 1. The van der Waals surface area contributed by atoms with Gasteiger partial charge in [-0.1, -0.05) is 48.5 Å². The molecule has 0 aliphatic carbocycles. The second-order valence-corrected chi connectivity index (χ2v) is 6.03. The van der Waals surface area contributed by atoms with Gasteiger partial charge in [-0.3, -0.25) is 0 Å². The lowest BCUT2D eigenvalue weighted by Gasteiger charge is -2.13. The summed E-state index contributed by atoms with van der Waals surface area (Å²) in [5.41, 5.74) is 1.72. The molecule has 0 bridgehead atoms. The van der Waals surface area contributed by atoms with Gasteiger partial charge < -0.3 is 14.3 Å². The Kier molecular flexibility index (Phi) is 3.60. The van der Waals surface area contributed by atoms with Crippen LogP contribution in [0, 0.1) is 0 Å². The SMILES string of the molecule is OP(O)(=S)Oc1ccccc1-c1ccccc1. The highest BCUT2D eigenvalue weighted by molar-refractivity contribution is 8.06. The number of rotatable bonds is 3. The fraction of sp³-hybridized carbons (Fsp3) is 0. The van der Waals surface area contributed by atoms with Gasteiger partial charge in [-0.2, -0.15) is 0 Å². The summed E-state index contributed by atoms with van der Waals surface area (Å²) in [5, 5.41) is 0. The van der Waals surface area contributed by atoms with E-state index in [0.29, 0.717) is 5.75 Å². The predicted octanol–water partition coefficient (Wildman–Crippen LogP) is 2.94. The van der Waals surface area contributed by atoms with Gasteiger partial charge in [-0.15, -0.1) is 0 Å². The van der Waals surface area contributed by atoms with Crippen LogP contribution in [0.1, 0.15) is 0 Å². The zero-order chi connectivity index (χ0) is 12.3. The fourth-order valence-corrected chi connectivity index (χ4v) is 2.19. The number of hydrogen-bond donors (Lipinski definition) is 2. The van der Waals surface area contributed by atoms with E-state index in [9.17, 15) is 9.79 Å². The van der Waals surface area contributed by atoms with Gasteiger partial charge in [0.25, 0.3) is 0 Å². The zero-order valence-electron chi connectivity index (χ0n) is 8.85. The Morgan fingerprint density at radius 2 is 1.47 bits per heavy atom. The third kappa shape index (κ3) is 3.38. The second kappa shape index (κ2) is 4.98. The number of hydrogen-bond acceptors (Lipinski definition) is 2. The van der Waals surface area contributed by atoms with Crippen molar-refractivity contribution >= 4 is 18.5 Å². The smallest absolute Gasteiger partial charge is 0.375 e. The lowest BCUT2D eigenvalue weighted by molar-refractivity contribution is 0.371. The minimum absolute atomic E-state index is 0.382. The standard InChI is InChI=1S/C12H11O3PS/c13-16(14,17)15-12-9-5-4-8-11(12)10-6-2-1-3-7-10/h1-9H,(H2,13,14,17). The van der Waals surface area contributed by atoms with Crippen LogP contribution in [-0.4, -0.2) is 9.79 Å². The average Bonchev–Trinajstić information content (AvgIpc) is 2.29. The first-order valence-corrected chi connectivity index (χ1v) is 7.58. The molecule has 2 aromatic carbocycles. The molecule has 0 saturated carbocycles. The molecular formula is C12H11O3PS. The highest BCUT2D eigenvalue weighted by atomic mass is 32.5. The van der Waals surface area contributed by atoms with Crippen molar-refractivity contribution in [2.45, 2.75) is 0 Å². The van der Waals surface area contributed by atoms with Crippen LogP contribution in [-0.2, 0) is 11.8 Å². The maximum Gasteiger partial charge on any atom is 0.375 e. The van der Waals surface area contributed by atoms with Crippen molar-refractivity contribution < 1.29 is 14.3 Å². The lowest BCUT2D eigenvalue weighted by atomic mass is 10.1. The van der Waals surface area contributed by atoms with Crippen LogP contribution >= 0.6 is 6.72 Å². The first-order chi connectivity index (χ1) is 8.06. The Labute approximate surface area is 105 Å². The van der Waals surface area contributed by atoms with Crippen LogP contribution in [0.5, 0.6) is 5.75 Å². The summed E-state index contributed by atoms with van der Waals surface area (Å²) in [6, 6.07) is 16.7. The van der Waals surface area contributed by atoms with Crippen molar-refractivity contribution in [1.82, 2.24) is 0 Å². The van der Waals surface area contributed by atoms with E-state index in [1.807, 2.05) is 42.5 Å². The van der Waals surface area contributed by atoms with E-state index >= 15 is 0 Å². The van der Waals surface area contributed by atoms with Crippen molar-refractivity contribution in [2.75, 3.05) is 0 Å². The average molecular weight is 266 g/mol. The van der Waals surface area contributed by atoms with Gasteiger partial charge in [0.05, 0.1) is 0 Å². The van der Waals surface area contributed by atoms with Gasteiger partial charge >= 0.3 is 6.72 Å². The Morgan fingerprint density at radius 1 is 0.882 bits per heavy atom. The second-order valence-electron chi connectivity index (χ2n) is 3.44. The van der Waals surface area contributed by atoms with Crippen molar-refractivity contribution in [1.29, 1.82) is 0 Å². The van der Waals surface area contributed by atoms with Crippen LogP contribution in [0.2, 0.25) is 0 Å². The molecule has 2 N–H and O–H groups in total. The number of benzene rings is 2. The largest absolute Gasteiger partial charge is 0.424 e. The molecule has 0 aliphatic rings. The molecule has 0 spiro atoms. The van der Waals surface area contributed by atoms with Crippen LogP contribution in [0.25, 0.3) is 11.1 Å². The summed E-state index contributed by atoms with van der Waals surface area (Å²) in [7, 11) is 0. The van der Waals surface area contributed by atoms with Crippen LogP contribution < -0.4 is 4.52 Å². The quantitative estimate of drug-likeness (QED) is 0.839. The molecule has 0 saturated heterocycles. The van der Waals surface area contributed by atoms with E-state index in [4.69, 9.17) is 4.52 Å². The molecule has 5 heteroatoms.